The fourth-order valence-electron chi connectivity index (χ4n) is 2.02. The zero-order valence-electron chi connectivity index (χ0n) is 12.1. The van der Waals surface area contributed by atoms with Crippen LogP contribution in [0, 0.1) is 0 Å². The van der Waals surface area contributed by atoms with Crippen molar-refractivity contribution >= 4 is 48.3 Å². The number of aromatic nitrogens is 1. The smallest absolute Gasteiger partial charge is 0.263 e. The predicted octanol–water partition coefficient (Wildman–Crippen LogP) is 3.06. The van der Waals surface area contributed by atoms with Gasteiger partial charge in [-0.2, -0.15) is 0 Å². The lowest BCUT2D eigenvalue weighted by molar-refractivity contribution is -0.114. The highest BCUT2D eigenvalue weighted by molar-refractivity contribution is 7.93. The van der Waals surface area contributed by atoms with Crippen LogP contribution in [-0.2, 0) is 14.8 Å². The number of rotatable bonds is 4. The molecule has 0 aliphatic carbocycles. The third-order valence-electron chi connectivity index (χ3n) is 2.98. The SMILES string of the molecule is CC(=O)Nc1ccc2nc(NS(=O)(=O)c3ccccc3)sc2c1. The third-order valence-corrected chi connectivity index (χ3v) is 5.40. The molecule has 1 amide bonds. The first-order valence-electron chi connectivity index (χ1n) is 6.70. The molecule has 0 bridgehead atoms. The fraction of sp³-hybridized carbons (Fsp3) is 0.0667. The fourth-order valence-corrected chi connectivity index (χ4v) is 4.18. The first-order valence-corrected chi connectivity index (χ1v) is 9.00. The zero-order valence-corrected chi connectivity index (χ0v) is 13.7. The van der Waals surface area contributed by atoms with E-state index in [1.807, 2.05) is 0 Å². The van der Waals surface area contributed by atoms with E-state index < -0.39 is 10.0 Å². The Morgan fingerprint density at radius 1 is 1.13 bits per heavy atom. The number of hydrogen-bond acceptors (Lipinski definition) is 5. The molecule has 118 valence electrons. The molecule has 6 nitrogen and oxygen atoms in total. The van der Waals surface area contributed by atoms with Crippen molar-refractivity contribution in [1.82, 2.24) is 4.98 Å². The molecule has 0 radical (unpaired) electrons. The number of nitrogens with zero attached hydrogens (tertiary/aromatic N) is 1. The summed E-state index contributed by atoms with van der Waals surface area (Å²) >= 11 is 1.21. The van der Waals surface area contributed by atoms with Gasteiger partial charge in [-0.1, -0.05) is 29.5 Å². The monoisotopic (exact) mass is 347 g/mol. The third kappa shape index (κ3) is 3.49. The van der Waals surface area contributed by atoms with Gasteiger partial charge in [0.25, 0.3) is 10.0 Å². The molecule has 3 aromatic rings. The lowest BCUT2D eigenvalue weighted by Crippen LogP contribution is -2.12. The van der Waals surface area contributed by atoms with Crippen LogP contribution < -0.4 is 10.0 Å². The lowest BCUT2D eigenvalue weighted by Gasteiger charge is -2.03. The number of carbonyl (C=O) groups is 1. The topological polar surface area (TPSA) is 88.2 Å². The molecular weight excluding hydrogens is 334 g/mol. The molecule has 0 fully saturated rings. The highest BCUT2D eigenvalue weighted by Gasteiger charge is 2.16. The van der Waals surface area contributed by atoms with E-state index in [0.717, 1.165) is 4.70 Å². The molecule has 0 saturated heterocycles. The summed E-state index contributed by atoms with van der Waals surface area (Å²) in [5.41, 5.74) is 1.31. The number of fused-ring (bicyclic) bond motifs is 1. The number of thiazole rings is 1. The summed E-state index contributed by atoms with van der Waals surface area (Å²) in [6.07, 6.45) is 0. The first kappa shape index (κ1) is 15.4. The van der Waals surface area contributed by atoms with Crippen molar-refractivity contribution in [3.63, 3.8) is 0 Å². The Hall–Kier alpha value is -2.45. The maximum Gasteiger partial charge on any atom is 0.263 e. The van der Waals surface area contributed by atoms with Gasteiger partial charge in [0.15, 0.2) is 5.13 Å². The molecule has 0 aliphatic rings. The number of benzene rings is 2. The molecule has 8 heteroatoms. The summed E-state index contributed by atoms with van der Waals surface area (Å²) in [7, 11) is -3.66. The van der Waals surface area contributed by atoms with Crippen molar-refractivity contribution in [2.45, 2.75) is 11.8 Å². The van der Waals surface area contributed by atoms with Crippen LogP contribution in [0.2, 0.25) is 0 Å². The van der Waals surface area contributed by atoms with Crippen LogP contribution >= 0.6 is 11.3 Å². The molecule has 0 unspecified atom stereocenters. The molecule has 0 atom stereocenters. The minimum absolute atomic E-state index is 0.168. The summed E-state index contributed by atoms with van der Waals surface area (Å²) in [6, 6.07) is 13.3. The average molecular weight is 347 g/mol. The molecular formula is C15H13N3O3S2. The van der Waals surface area contributed by atoms with E-state index in [2.05, 4.69) is 15.0 Å². The van der Waals surface area contributed by atoms with Gasteiger partial charge in [0, 0.05) is 12.6 Å². The Balaban J connectivity index is 1.90. The van der Waals surface area contributed by atoms with Crippen LogP contribution in [0.1, 0.15) is 6.92 Å². The summed E-state index contributed by atoms with van der Waals surface area (Å²) in [5.74, 6) is -0.168. The lowest BCUT2D eigenvalue weighted by atomic mass is 10.3. The highest BCUT2D eigenvalue weighted by Crippen LogP contribution is 2.29. The van der Waals surface area contributed by atoms with Crippen LogP contribution in [0.25, 0.3) is 10.2 Å². The van der Waals surface area contributed by atoms with E-state index in [-0.39, 0.29) is 15.9 Å². The first-order chi connectivity index (χ1) is 10.9. The molecule has 1 aromatic heterocycles. The predicted molar refractivity (Wildman–Crippen MR) is 91.2 cm³/mol. The quantitative estimate of drug-likeness (QED) is 0.759. The standard InChI is InChI=1S/C15H13N3O3S2/c1-10(19)16-11-7-8-13-14(9-11)22-15(17-13)18-23(20,21)12-5-3-2-4-6-12/h2-9H,1H3,(H,16,19)(H,17,18). The maximum atomic E-state index is 12.3. The second-order valence-electron chi connectivity index (χ2n) is 4.80. The van der Waals surface area contributed by atoms with Crippen LogP contribution in [0.3, 0.4) is 0 Å². The van der Waals surface area contributed by atoms with Crippen molar-refractivity contribution in [3.05, 3.63) is 48.5 Å². The number of anilines is 2. The molecule has 0 aliphatic heterocycles. The number of carbonyl (C=O) groups excluding carboxylic acids is 1. The van der Waals surface area contributed by atoms with Crippen molar-refractivity contribution in [3.8, 4) is 0 Å². The maximum absolute atomic E-state index is 12.3. The number of sulfonamides is 1. The zero-order chi connectivity index (χ0) is 16.4. The number of nitrogens with one attached hydrogen (secondary N) is 2. The van der Waals surface area contributed by atoms with Crippen LogP contribution in [0.15, 0.2) is 53.4 Å². The minimum atomic E-state index is -3.66. The van der Waals surface area contributed by atoms with Crippen molar-refractivity contribution in [2.75, 3.05) is 10.0 Å². The largest absolute Gasteiger partial charge is 0.326 e. The van der Waals surface area contributed by atoms with Gasteiger partial charge in [0.1, 0.15) is 0 Å². The van der Waals surface area contributed by atoms with Gasteiger partial charge < -0.3 is 5.32 Å². The Kier molecular flexibility index (Phi) is 4.01. The summed E-state index contributed by atoms with van der Waals surface area (Å²) in [5, 5.41) is 2.96. The molecule has 2 N–H and O–H groups in total. The minimum Gasteiger partial charge on any atom is -0.326 e. The van der Waals surface area contributed by atoms with E-state index in [4.69, 9.17) is 0 Å². The summed E-state index contributed by atoms with van der Waals surface area (Å²) in [6.45, 7) is 1.43. The normalized spacial score (nSPS) is 11.3. The van der Waals surface area contributed by atoms with Crippen LogP contribution in [-0.4, -0.2) is 19.3 Å². The molecule has 2 aromatic carbocycles. The summed E-state index contributed by atoms with van der Waals surface area (Å²) in [4.78, 5) is 15.5. The van der Waals surface area contributed by atoms with E-state index in [9.17, 15) is 13.2 Å². The second kappa shape index (κ2) is 5.98. The molecule has 1 heterocycles. The van der Waals surface area contributed by atoms with Crippen molar-refractivity contribution in [1.29, 1.82) is 0 Å². The molecule has 3 rings (SSSR count). The van der Waals surface area contributed by atoms with E-state index in [1.165, 1.54) is 30.4 Å². The van der Waals surface area contributed by atoms with Crippen LogP contribution in [0.4, 0.5) is 10.8 Å². The van der Waals surface area contributed by atoms with Crippen molar-refractivity contribution < 1.29 is 13.2 Å². The van der Waals surface area contributed by atoms with Gasteiger partial charge in [-0.3, -0.25) is 9.52 Å². The van der Waals surface area contributed by atoms with Gasteiger partial charge in [0.05, 0.1) is 15.1 Å². The highest BCUT2D eigenvalue weighted by atomic mass is 32.2. The summed E-state index contributed by atoms with van der Waals surface area (Å²) < 4.78 is 27.8. The van der Waals surface area contributed by atoms with Gasteiger partial charge >= 0.3 is 0 Å². The van der Waals surface area contributed by atoms with Gasteiger partial charge in [-0.15, -0.1) is 0 Å². The Bertz CT molecular complexity index is 966. The number of hydrogen-bond donors (Lipinski definition) is 2. The molecule has 0 spiro atoms. The number of amides is 1. The van der Waals surface area contributed by atoms with Crippen LogP contribution in [0.5, 0.6) is 0 Å². The molecule has 23 heavy (non-hydrogen) atoms. The van der Waals surface area contributed by atoms with E-state index in [0.29, 0.717) is 11.2 Å². The van der Waals surface area contributed by atoms with Gasteiger partial charge in [-0.05, 0) is 30.3 Å². The average Bonchev–Trinajstić information content (AvgIpc) is 2.88. The Morgan fingerprint density at radius 3 is 2.57 bits per heavy atom. The Morgan fingerprint density at radius 2 is 1.87 bits per heavy atom. The van der Waals surface area contributed by atoms with Gasteiger partial charge in [0.2, 0.25) is 5.91 Å². The second-order valence-corrected chi connectivity index (χ2v) is 7.51. The Labute approximate surface area is 137 Å². The van der Waals surface area contributed by atoms with Gasteiger partial charge in [-0.25, -0.2) is 13.4 Å². The van der Waals surface area contributed by atoms with E-state index in [1.54, 1.807) is 36.4 Å². The van der Waals surface area contributed by atoms with Crippen molar-refractivity contribution in [2.24, 2.45) is 0 Å². The van der Waals surface area contributed by atoms with E-state index >= 15 is 0 Å². The molecule has 0 saturated carbocycles.